The molecule has 1 nitrogen and oxygen atoms in total. The predicted octanol–water partition coefficient (Wildman–Crippen LogP) is 4.35. The minimum absolute atomic E-state index is 0.340. The number of hydrogen-bond donors (Lipinski definition) is 1. The fraction of sp³-hybridized carbons (Fsp3) is 0.231. The van der Waals surface area contributed by atoms with Crippen LogP contribution in [0, 0.1) is 19.7 Å². The third-order valence-corrected chi connectivity index (χ3v) is 4.51. The topological polar surface area (TPSA) is 20.2 Å². The van der Waals surface area contributed by atoms with Crippen LogP contribution in [0.15, 0.2) is 28.7 Å². The summed E-state index contributed by atoms with van der Waals surface area (Å²) in [6, 6.07) is 6.37. The maximum atomic E-state index is 13.2. The lowest BCUT2D eigenvalue weighted by Gasteiger charge is -2.12. The van der Waals surface area contributed by atoms with Crippen LogP contribution in [0.2, 0.25) is 0 Å². The summed E-state index contributed by atoms with van der Waals surface area (Å²) in [5.41, 5.74) is 1.60. The van der Waals surface area contributed by atoms with Crippen molar-refractivity contribution in [1.29, 1.82) is 0 Å². The third kappa shape index (κ3) is 2.59. The van der Waals surface area contributed by atoms with Crippen molar-refractivity contribution < 1.29 is 9.50 Å². The Bertz CT molecular complexity index is 550. The Morgan fingerprint density at radius 3 is 2.59 bits per heavy atom. The Hall–Kier alpha value is -0.710. The highest BCUT2D eigenvalue weighted by atomic mass is 79.9. The molecule has 1 unspecified atom stereocenters. The molecular formula is C13H12BrFOS. The van der Waals surface area contributed by atoms with E-state index in [1.165, 1.54) is 23.5 Å². The number of aryl methyl sites for hydroxylation is 2. The maximum absolute atomic E-state index is 13.2. The average molecular weight is 315 g/mol. The fourth-order valence-corrected chi connectivity index (χ4v) is 3.30. The van der Waals surface area contributed by atoms with Crippen molar-refractivity contribution in [1.82, 2.24) is 0 Å². The highest BCUT2D eigenvalue weighted by molar-refractivity contribution is 9.10. The Morgan fingerprint density at radius 2 is 2.00 bits per heavy atom. The van der Waals surface area contributed by atoms with Gasteiger partial charge in [0.25, 0.3) is 0 Å². The van der Waals surface area contributed by atoms with E-state index in [4.69, 9.17) is 0 Å². The molecule has 1 aromatic carbocycles. The van der Waals surface area contributed by atoms with E-state index in [2.05, 4.69) is 15.9 Å². The number of hydrogen-bond acceptors (Lipinski definition) is 2. The molecule has 0 aliphatic carbocycles. The molecule has 4 heteroatoms. The van der Waals surface area contributed by atoms with Gasteiger partial charge in [-0.25, -0.2) is 4.39 Å². The van der Waals surface area contributed by atoms with Gasteiger partial charge in [0.2, 0.25) is 0 Å². The standard InChI is InChI=1S/C13H12BrFOS/c1-7-5-8(2)17-13(7)12(16)10-6-9(15)3-4-11(10)14/h3-6,12,16H,1-2H3. The molecule has 0 spiro atoms. The molecule has 2 aromatic rings. The zero-order valence-electron chi connectivity index (χ0n) is 9.50. The molecule has 0 fully saturated rings. The largest absolute Gasteiger partial charge is 0.383 e. The van der Waals surface area contributed by atoms with E-state index in [9.17, 15) is 9.50 Å². The summed E-state index contributed by atoms with van der Waals surface area (Å²) in [7, 11) is 0. The van der Waals surface area contributed by atoms with Gasteiger partial charge >= 0.3 is 0 Å². The average Bonchev–Trinajstić information content (AvgIpc) is 2.60. The minimum atomic E-state index is -0.779. The van der Waals surface area contributed by atoms with Gasteiger partial charge in [-0.3, -0.25) is 0 Å². The molecular weight excluding hydrogens is 303 g/mol. The Labute approximate surface area is 112 Å². The predicted molar refractivity (Wildman–Crippen MR) is 72.0 cm³/mol. The number of aliphatic hydroxyl groups is 1. The van der Waals surface area contributed by atoms with Crippen molar-refractivity contribution in [3.05, 3.63) is 55.4 Å². The van der Waals surface area contributed by atoms with E-state index < -0.39 is 6.10 Å². The normalized spacial score (nSPS) is 12.8. The van der Waals surface area contributed by atoms with Crippen LogP contribution in [0.5, 0.6) is 0 Å². The molecule has 1 atom stereocenters. The maximum Gasteiger partial charge on any atom is 0.123 e. The third-order valence-electron chi connectivity index (χ3n) is 2.58. The first-order valence-corrected chi connectivity index (χ1v) is 6.80. The lowest BCUT2D eigenvalue weighted by molar-refractivity contribution is 0.222. The van der Waals surface area contributed by atoms with Gasteiger partial charge in [0.15, 0.2) is 0 Å². The molecule has 0 saturated carbocycles. The van der Waals surface area contributed by atoms with Gasteiger partial charge < -0.3 is 5.11 Å². The van der Waals surface area contributed by atoms with E-state index in [0.717, 1.165) is 19.8 Å². The van der Waals surface area contributed by atoms with Crippen LogP contribution in [0.25, 0.3) is 0 Å². The van der Waals surface area contributed by atoms with Gasteiger partial charge in [0.1, 0.15) is 11.9 Å². The second kappa shape index (κ2) is 4.88. The van der Waals surface area contributed by atoms with Crippen LogP contribution in [0.1, 0.15) is 27.0 Å². The molecule has 1 N–H and O–H groups in total. The first-order valence-electron chi connectivity index (χ1n) is 5.19. The van der Waals surface area contributed by atoms with Crippen molar-refractivity contribution in [3.8, 4) is 0 Å². The molecule has 0 bridgehead atoms. The number of halogens is 2. The van der Waals surface area contributed by atoms with E-state index in [-0.39, 0.29) is 5.82 Å². The molecule has 90 valence electrons. The molecule has 17 heavy (non-hydrogen) atoms. The first kappa shape index (κ1) is 12.7. The van der Waals surface area contributed by atoms with Gasteiger partial charge in [-0.1, -0.05) is 15.9 Å². The summed E-state index contributed by atoms with van der Waals surface area (Å²) in [4.78, 5) is 2.01. The van der Waals surface area contributed by atoms with Crippen LogP contribution in [0.3, 0.4) is 0 Å². The minimum Gasteiger partial charge on any atom is -0.383 e. The summed E-state index contributed by atoms with van der Waals surface area (Å²) in [5, 5.41) is 10.3. The lowest BCUT2D eigenvalue weighted by Crippen LogP contribution is -2.00. The van der Waals surface area contributed by atoms with E-state index in [0.29, 0.717) is 5.56 Å². The quantitative estimate of drug-likeness (QED) is 0.873. The zero-order chi connectivity index (χ0) is 12.6. The molecule has 0 radical (unpaired) electrons. The lowest BCUT2D eigenvalue weighted by atomic mass is 10.1. The number of benzene rings is 1. The number of thiophene rings is 1. The van der Waals surface area contributed by atoms with Gasteiger partial charge in [0, 0.05) is 19.8 Å². The van der Waals surface area contributed by atoms with Crippen LogP contribution >= 0.6 is 27.3 Å². The Balaban J connectivity index is 2.46. The van der Waals surface area contributed by atoms with Crippen LogP contribution in [-0.2, 0) is 0 Å². The summed E-state index contributed by atoms with van der Waals surface area (Å²) >= 11 is 4.88. The fourth-order valence-electron chi connectivity index (χ4n) is 1.80. The first-order chi connectivity index (χ1) is 7.99. The van der Waals surface area contributed by atoms with Crippen LogP contribution in [0.4, 0.5) is 4.39 Å². The molecule has 2 rings (SSSR count). The molecule has 1 aromatic heterocycles. The molecule has 0 aliphatic rings. The van der Waals surface area contributed by atoms with Gasteiger partial charge in [-0.05, 0) is 43.7 Å². The summed E-state index contributed by atoms with van der Waals surface area (Å²) in [6.45, 7) is 3.95. The smallest absolute Gasteiger partial charge is 0.123 e. The summed E-state index contributed by atoms with van der Waals surface area (Å²) < 4.78 is 13.9. The SMILES string of the molecule is Cc1cc(C)c(C(O)c2cc(F)ccc2Br)s1. The molecule has 0 amide bonds. The second-order valence-corrected chi connectivity index (χ2v) is 6.11. The van der Waals surface area contributed by atoms with Gasteiger partial charge in [-0.15, -0.1) is 11.3 Å². The van der Waals surface area contributed by atoms with Crippen molar-refractivity contribution in [3.63, 3.8) is 0 Å². The van der Waals surface area contributed by atoms with Crippen molar-refractivity contribution in [2.75, 3.05) is 0 Å². The van der Waals surface area contributed by atoms with Crippen LogP contribution in [-0.4, -0.2) is 5.11 Å². The summed E-state index contributed by atoms with van der Waals surface area (Å²) in [5.74, 6) is -0.340. The monoisotopic (exact) mass is 314 g/mol. The second-order valence-electron chi connectivity index (χ2n) is 3.97. The van der Waals surface area contributed by atoms with Crippen molar-refractivity contribution >= 4 is 27.3 Å². The molecule has 1 heterocycles. The van der Waals surface area contributed by atoms with E-state index in [1.807, 2.05) is 19.9 Å². The van der Waals surface area contributed by atoms with E-state index in [1.54, 1.807) is 6.07 Å². The van der Waals surface area contributed by atoms with Gasteiger partial charge in [0.05, 0.1) is 0 Å². The van der Waals surface area contributed by atoms with Crippen LogP contribution < -0.4 is 0 Å². The zero-order valence-corrected chi connectivity index (χ0v) is 11.9. The molecule has 0 aliphatic heterocycles. The van der Waals surface area contributed by atoms with Gasteiger partial charge in [-0.2, -0.15) is 0 Å². The number of rotatable bonds is 2. The highest BCUT2D eigenvalue weighted by Gasteiger charge is 2.18. The van der Waals surface area contributed by atoms with Crippen molar-refractivity contribution in [2.45, 2.75) is 20.0 Å². The summed E-state index contributed by atoms with van der Waals surface area (Å²) in [6.07, 6.45) is -0.779. The van der Waals surface area contributed by atoms with Crippen molar-refractivity contribution in [2.24, 2.45) is 0 Å². The molecule has 0 saturated heterocycles. The highest BCUT2D eigenvalue weighted by Crippen LogP contribution is 2.35. The number of aliphatic hydroxyl groups excluding tert-OH is 1. The van der Waals surface area contributed by atoms with E-state index >= 15 is 0 Å². The Morgan fingerprint density at radius 1 is 1.29 bits per heavy atom. The Kier molecular flexibility index (Phi) is 3.66.